The van der Waals surface area contributed by atoms with Gasteiger partial charge < -0.3 is 9.88 Å². The molecule has 94 valence electrons. The van der Waals surface area contributed by atoms with Crippen molar-refractivity contribution >= 4 is 17.2 Å². The van der Waals surface area contributed by atoms with E-state index < -0.39 is 0 Å². The molecule has 1 N–H and O–H groups in total. The number of hydrogen-bond donors (Lipinski definition) is 1. The number of rotatable bonds is 2. The van der Waals surface area contributed by atoms with Crippen LogP contribution in [0, 0.1) is 6.92 Å². The Kier molecular flexibility index (Phi) is 2.87. The van der Waals surface area contributed by atoms with Crippen LogP contribution in [0.1, 0.15) is 27.7 Å². The molecule has 5 nitrogen and oxygen atoms in total. The van der Waals surface area contributed by atoms with Gasteiger partial charge in [-0.3, -0.25) is 4.79 Å². The Morgan fingerprint density at radius 1 is 1.61 bits per heavy atom. The smallest absolute Gasteiger partial charge is 0.271 e. The highest BCUT2D eigenvalue weighted by Gasteiger charge is 2.21. The van der Waals surface area contributed by atoms with Gasteiger partial charge >= 0.3 is 0 Å². The van der Waals surface area contributed by atoms with E-state index in [1.807, 2.05) is 19.3 Å². The van der Waals surface area contributed by atoms with Crippen molar-refractivity contribution in [2.45, 2.75) is 32.4 Å². The standard InChI is InChI=1S/C12H14N4OS/c1-8-14-10(7-18-8)12(17)15-9-2-3-11-13-4-5-16(11)6-9/h4-5,7,9H,2-3,6H2,1H3,(H,15,17). The summed E-state index contributed by atoms with van der Waals surface area (Å²) in [4.78, 5) is 20.5. The quantitative estimate of drug-likeness (QED) is 0.889. The fraction of sp³-hybridized carbons (Fsp3) is 0.417. The van der Waals surface area contributed by atoms with Crippen LogP contribution >= 0.6 is 11.3 Å². The van der Waals surface area contributed by atoms with Crippen LogP contribution < -0.4 is 5.32 Å². The minimum Gasteiger partial charge on any atom is -0.346 e. The summed E-state index contributed by atoms with van der Waals surface area (Å²) in [6.45, 7) is 2.70. The van der Waals surface area contributed by atoms with Gasteiger partial charge in [-0.25, -0.2) is 9.97 Å². The predicted octanol–water partition coefficient (Wildman–Crippen LogP) is 1.39. The van der Waals surface area contributed by atoms with Gasteiger partial charge in [-0.15, -0.1) is 11.3 Å². The van der Waals surface area contributed by atoms with Crippen molar-refractivity contribution in [3.05, 3.63) is 34.3 Å². The van der Waals surface area contributed by atoms with Crippen molar-refractivity contribution in [2.24, 2.45) is 0 Å². The Balaban J connectivity index is 1.66. The highest BCUT2D eigenvalue weighted by molar-refractivity contribution is 7.09. The van der Waals surface area contributed by atoms with Crippen molar-refractivity contribution in [1.82, 2.24) is 19.9 Å². The molecule has 3 rings (SSSR count). The molecule has 0 saturated carbocycles. The Morgan fingerprint density at radius 2 is 2.50 bits per heavy atom. The summed E-state index contributed by atoms with van der Waals surface area (Å²) in [5.74, 6) is 1.03. The summed E-state index contributed by atoms with van der Waals surface area (Å²) < 4.78 is 2.10. The molecular weight excluding hydrogens is 248 g/mol. The molecular formula is C12H14N4OS. The largest absolute Gasteiger partial charge is 0.346 e. The van der Waals surface area contributed by atoms with Crippen LogP contribution in [0.25, 0.3) is 0 Å². The first-order valence-corrected chi connectivity index (χ1v) is 6.83. The second kappa shape index (κ2) is 4.53. The van der Waals surface area contributed by atoms with Crippen LogP contribution in [0.15, 0.2) is 17.8 Å². The van der Waals surface area contributed by atoms with Gasteiger partial charge in [-0.1, -0.05) is 0 Å². The highest BCUT2D eigenvalue weighted by atomic mass is 32.1. The Bertz CT molecular complexity index is 574. The van der Waals surface area contributed by atoms with Crippen LogP contribution in [-0.2, 0) is 13.0 Å². The molecule has 0 bridgehead atoms. The lowest BCUT2D eigenvalue weighted by atomic mass is 10.1. The molecule has 6 heteroatoms. The van der Waals surface area contributed by atoms with Gasteiger partial charge in [0.05, 0.1) is 5.01 Å². The molecule has 1 atom stereocenters. The summed E-state index contributed by atoms with van der Waals surface area (Å²) in [5, 5.41) is 5.75. The Hall–Kier alpha value is -1.69. The van der Waals surface area contributed by atoms with Gasteiger partial charge in [-0.2, -0.15) is 0 Å². The molecule has 1 amide bonds. The van der Waals surface area contributed by atoms with Crippen LogP contribution in [0.3, 0.4) is 0 Å². The maximum atomic E-state index is 12.0. The lowest BCUT2D eigenvalue weighted by Gasteiger charge is -2.24. The van der Waals surface area contributed by atoms with Gasteiger partial charge in [0.25, 0.3) is 5.91 Å². The lowest BCUT2D eigenvalue weighted by molar-refractivity contribution is 0.0923. The first-order chi connectivity index (χ1) is 8.72. The number of aryl methyl sites for hydroxylation is 2. The van der Waals surface area contributed by atoms with E-state index >= 15 is 0 Å². The number of hydrogen-bond acceptors (Lipinski definition) is 4. The number of thiazole rings is 1. The summed E-state index contributed by atoms with van der Waals surface area (Å²) >= 11 is 1.50. The summed E-state index contributed by atoms with van der Waals surface area (Å²) in [7, 11) is 0. The Labute approximate surface area is 109 Å². The van der Waals surface area contributed by atoms with E-state index in [0.717, 1.165) is 30.2 Å². The van der Waals surface area contributed by atoms with Crippen molar-refractivity contribution in [3.63, 3.8) is 0 Å². The van der Waals surface area contributed by atoms with Crippen molar-refractivity contribution in [3.8, 4) is 0 Å². The van der Waals surface area contributed by atoms with Gasteiger partial charge in [0.2, 0.25) is 0 Å². The predicted molar refractivity (Wildman–Crippen MR) is 68.7 cm³/mol. The number of fused-ring (bicyclic) bond motifs is 1. The molecule has 3 heterocycles. The van der Waals surface area contributed by atoms with E-state index in [0.29, 0.717) is 5.69 Å². The molecule has 2 aromatic rings. The molecule has 0 fully saturated rings. The molecule has 18 heavy (non-hydrogen) atoms. The zero-order valence-corrected chi connectivity index (χ0v) is 10.9. The second-order valence-corrected chi connectivity index (χ2v) is 5.52. The van der Waals surface area contributed by atoms with Crippen LogP contribution in [-0.4, -0.2) is 26.5 Å². The minimum atomic E-state index is -0.0760. The SMILES string of the molecule is Cc1nc(C(=O)NC2CCc3nccn3C2)cs1. The van der Waals surface area contributed by atoms with Crippen molar-refractivity contribution in [2.75, 3.05) is 0 Å². The topological polar surface area (TPSA) is 59.8 Å². The van der Waals surface area contributed by atoms with Crippen LogP contribution in [0.2, 0.25) is 0 Å². The summed E-state index contributed by atoms with van der Waals surface area (Å²) in [6.07, 6.45) is 5.61. The summed E-state index contributed by atoms with van der Waals surface area (Å²) in [6, 6.07) is 0.168. The maximum absolute atomic E-state index is 12.0. The first-order valence-electron chi connectivity index (χ1n) is 5.95. The average molecular weight is 262 g/mol. The van der Waals surface area contributed by atoms with Crippen LogP contribution in [0.4, 0.5) is 0 Å². The van der Waals surface area contributed by atoms with E-state index in [1.165, 1.54) is 11.3 Å². The molecule has 0 aliphatic carbocycles. The Morgan fingerprint density at radius 3 is 3.28 bits per heavy atom. The number of carbonyl (C=O) groups is 1. The normalized spacial score (nSPS) is 18.4. The molecule has 1 aliphatic heterocycles. The van der Waals surface area contributed by atoms with Gasteiger partial charge in [0.15, 0.2) is 0 Å². The number of carbonyl (C=O) groups excluding carboxylic acids is 1. The highest BCUT2D eigenvalue weighted by Crippen LogP contribution is 2.14. The van der Waals surface area contributed by atoms with Gasteiger partial charge in [-0.05, 0) is 13.3 Å². The van der Waals surface area contributed by atoms with E-state index in [-0.39, 0.29) is 11.9 Å². The van der Waals surface area contributed by atoms with Gasteiger partial charge in [0, 0.05) is 36.8 Å². The number of amides is 1. The number of imidazole rings is 1. The van der Waals surface area contributed by atoms with Gasteiger partial charge in [0.1, 0.15) is 11.5 Å². The van der Waals surface area contributed by atoms with E-state index in [1.54, 1.807) is 5.38 Å². The van der Waals surface area contributed by atoms with Crippen molar-refractivity contribution in [1.29, 1.82) is 0 Å². The maximum Gasteiger partial charge on any atom is 0.271 e. The zero-order valence-electron chi connectivity index (χ0n) is 10.1. The molecule has 0 saturated heterocycles. The third-order valence-electron chi connectivity index (χ3n) is 3.12. The van der Waals surface area contributed by atoms with E-state index in [9.17, 15) is 4.79 Å². The number of nitrogens with one attached hydrogen (secondary N) is 1. The van der Waals surface area contributed by atoms with E-state index in [4.69, 9.17) is 0 Å². The molecule has 0 spiro atoms. The fourth-order valence-corrected chi connectivity index (χ4v) is 2.80. The van der Waals surface area contributed by atoms with Crippen molar-refractivity contribution < 1.29 is 4.79 Å². The lowest BCUT2D eigenvalue weighted by Crippen LogP contribution is -2.41. The third-order valence-corrected chi connectivity index (χ3v) is 3.90. The number of nitrogens with zero attached hydrogens (tertiary/aromatic N) is 3. The molecule has 1 unspecified atom stereocenters. The molecule has 2 aromatic heterocycles. The molecule has 0 radical (unpaired) electrons. The minimum absolute atomic E-state index is 0.0760. The van der Waals surface area contributed by atoms with E-state index in [2.05, 4.69) is 19.9 Å². The fourth-order valence-electron chi connectivity index (χ4n) is 2.21. The molecule has 0 aromatic carbocycles. The monoisotopic (exact) mass is 262 g/mol. The first kappa shape index (κ1) is 11.4. The number of aromatic nitrogens is 3. The zero-order chi connectivity index (χ0) is 12.5. The third kappa shape index (κ3) is 2.15. The summed E-state index contributed by atoms with van der Waals surface area (Å²) in [5.41, 5.74) is 0.522. The second-order valence-electron chi connectivity index (χ2n) is 4.46. The average Bonchev–Trinajstić information content (AvgIpc) is 2.96. The van der Waals surface area contributed by atoms with Crippen LogP contribution in [0.5, 0.6) is 0 Å². The molecule has 1 aliphatic rings.